The van der Waals surface area contributed by atoms with Gasteiger partial charge in [-0.15, -0.1) is 0 Å². The maximum Gasteiger partial charge on any atom is 0.330 e. The Morgan fingerprint density at radius 2 is 1.73 bits per heavy atom. The normalized spacial score (nSPS) is 16.1. The lowest BCUT2D eigenvalue weighted by Crippen LogP contribution is -2.40. The van der Waals surface area contributed by atoms with E-state index in [1.807, 2.05) is 23.9 Å². The van der Waals surface area contributed by atoms with Gasteiger partial charge in [-0.1, -0.05) is 36.4 Å². The maximum absolute atomic E-state index is 13.3. The van der Waals surface area contributed by atoms with Crippen LogP contribution in [0, 0.1) is 0 Å². The average molecular weight is 401 g/mol. The van der Waals surface area contributed by atoms with Gasteiger partial charge < -0.3 is 4.90 Å². The van der Waals surface area contributed by atoms with Crippen LogP contribution in [0.15, 0.2) is 59.5 Å². The van der Waals surface area contributed by atoms with E-state index in [0.717, 1.165) is 48.2 Å². The number of rotatable bonds is 3. The number of nitrogens with zero attached hydrogens (tertiary/aromatic N) is 4. The minimum Gasteiger partial charge on any atom is -0.301 e. The highest BCUT2D eigenvalue weighted by Gasteiger charge is 2.27. The summed E-state index contributed by atoms with van der Waals surface area (Å²) in [6.45, 7) is 6.52. The number of likely N-dealkylation sites (tertiary alicyclic amines) is 1. The first kappa shape index (κ1) is 19.1. The molecule has 3 heterocycles. The van der Waals surface area contributed by atoms with Crippen LogP contribution in [0.5, 0.6) is 0 Å². The smallest absolute Gasteiger partial charge is 0.301 e. The van der Waals surface area contributed by atoms with Crippen LogP contribution >= 0.6 is 0 Å². The predicted octanol–water partition coefficient (Wildman–Crippen LogP) is 4.60. The van der Waals surface area contributed by atoms with E-state index < -0.39 is 0 Å². The summed E-state index contributed by atoms with van der Waals surface area (Å²) in [6.07, 6.45) is 3.81. The molecule has 1 saturated heterocycles. The fraction of sp³-hybridized carbons (Fsp3) is 0.360. The van der Waals surface area contributed by atoms with Gasteiger partial charge in [-0.3, -0.25) is 9.13 Å². The third kappa shape index (κ3) is 3.05. The van der Waals surface area contributed by atoms with Crippen LogP contribution in [0.2, 0.25) is 0 Å². The van der Waals surface area contributed by atoms with Crippen molar-refractivity contribution in [3.8, 4) is 11.1 Å². The summed E-state index contributed by atoms with van der Waals surface area (Å²) >= 11 is 0. The minimum absolute atomic E-state index is 0.0359. The van der Waals surface area contributed by atoms with Gasteiger partial charge in [-0.2, -0.15) is 0 Å². The van der Waals surface area contributed by atoms with E-state index in [9.17, 15) is 4.79 Å². The molecule has 30 heavy (non-hydrogen) atoms. The van der Waals surface area contributed by atoms with Crippen molar-refractivity contribution < 1.29 is 0 Å². The summed E-state index contributed by atoms with van der Waals surface area (Å²) < 4.78 is 3.72. The first-order valence-corrected chi connectivity index (χ1v) is 10.8. The van der Waals surface area contributed by atoms with Crippen molar-refractivity contribution in [3.63, 3.8) is 0 Å². The fourth-order valence-electron chi connectivity index (χ4n) is 4.88. The highest BCUT2D eigenvalue weighted by atomic mass is 16.1. The Morgan fingerprint density at radius 1 is 1.00 bits per heavy atom. The van der Waals surface area contributed by atoms with Crippen LogP contribution < -0.4 is 5.69 Å². The second-order valence-electron chi connectivity index (χ2n) is 8.67. The molecule has 0 bridgehead atoms. The molecule has 1 aliphatic rings. The van der Waals surface area contributed by atoms with Gasteiger partial charge in [0, 0.05) is 44.0 Å². The van der Waals surface area contributed by atoms with Crippen LogP contribution in [-0.4, -0.2) is 38.1 Å². The lowest BCUT2D eigenvalue weighted by atomic mass is 10.0. The number of aryl methyl sites for hydroxylation is 1. The summed E-state index contributed by atoms with van der Waals surface area (Å²) in [4.78, 5) is 20.4. The summed E-state index contributed by atoms with van der Waals surface area (Å²) in [7, 11) is 1.87. The molecule has 2 aromatic heterocycles. The zero-order valence-corrected chi connectivity index (χ0v) is 17.9. The molecule has 4 aromatic rings. The summed E-state index contributed by atoms with van der Waals surface area (Å²) in [6, 6.07) is 17.6. The summed E-state index contributed by atoms with van der Waals surface area (Å²) in [5.41, 5.74) is 3.93. The molecule has 0 radical (unpaired) electrons. The van der Waals surface area contributed by atoms with E-state index in [4.69, 9.17) is 0 Å². The molecule has 2 aromatic carbocycles. The third-order valence-electron chi connectivity index (χ3n) is 6.62. The van der Waals surface area contributed by atoms with Crippen LogP contribution in [0.4, 0.5) is 0 Å². The molecule has 154 valence electrons. The van der Waals surface area contributed by atoms with Crippen molar-refractivity contribution in [2.45, 2.75) is 38.8 Å². The molecular formula is C25H28N4O. The Labute approximate surface area is 176 Å². The van der Waals surface area contributed by atoms with Crippen molar-refractivity contribution in [1.82, 2.24) is 19.0 Å². The van der Waals surface area contributed by atoms with Gasteiger partial charge in [0.1, 0.15) is 0 Å². The summed E-state index contributed by atoms with van der Waals surface area (Å²) in [5, 5.41) is 2.42. The topological polar surface area (TPSA) is 43.1 Å². The molecule has 0 atom stereocenters. The Morgan fingerprint density at radius 3 is 2.47 bits per heavy atom. The zero-order chi connectivity index (χ0) is 20.8. The van der Waals surface area contributed by atoms with Crippen LogP contribution in [0.1, 0.15) is 32.7 Å². The van der Waals surface area contributed by atoms with Gasteiger partial charge in [-0.25, -0.2) is 9.78 Å². The molecule has 5 nitrogen and oxygen atoms in total. The quantitative estimate of drug-likeness (QED) is 0.505. The molecular weight excluding hydrogens is 372 g/mol. The monoisotopic (exact) mass is 400 g/mol. The minimum atomic E-state index is 0.0359. The molecule has 1 fully saturated rings. The molecule has 0 saturated carbocycles. The SMILES string of the molecule is CC(C)N1CCC(n2c(=O)n(C)c3c(-c4ccc5ccccc5c4)ccnc32)CC1. The van der Waals surface area contributed by atoms with E-state index in [-0.39, 0.29) is 11.7 Å². The first-order chi connectivity index (χ1) is 14.5. The number of aromatic nitrogens is 3. The zero-order valence-electron chi connectivity index (χ0n) is 17.9. The largest absolute Gasteiger partial charge is 0.330 e. The molecule has 0 unspecified atom stereocenters. The highest BCUT2D eigenvalue weighted by molar-refractivity contribution is 5.94. The molecule has 0 spiro atoms. The first-order valence-electron chi connectivity index (χ1n) is 10.8. The number of hydrogen-bond acceptors (Lipinski definition) is 3. The Bertz CT molecular complexity index is 1280. The average Bonchev–Trinajstić information content (AvgIpc) is 3.03. The van der Waals surface area contributed by atoms with E-state index in [1.165, 1.54) is 10.8 Å². The molecule has 0 N–H and O–H groups in total. The number of fused-ring (bicyclic) bond motifs is 2. The highest BCUT2D eigenvalue weighted by Crippen LogP contribution is 2.32. The maximum atomic E-state index is 13.3. The van der Waals surface area contributed by atoms with Crippen molar-refractivity contribution in [2.24, 2.45) is 7.05 Å². The standard InChI is InChI=1S/C25H28N4O/c1-17(2)28-14-11-21(12-15-28)29-24-23(27(3)25(29)30)22(10-13-26-24)20-9-8-18-6-4-5-7-19(18)16-20/h4-10,13,16-17,21H,11-12,14-15H2,1-3H3. The Kier molecular flexibility index (Phi) is 4.70. The molecule has 1 aliphatic heterocycles. The number of benzene rings is 2. The van der Waals surface area contributed by atoms with E-state index in [0.29, 0.717) is 6.04 Å². The van der Waals surface area contributed by atoms with Gasteiger partial charge in [-0.05, 0) is 55.2 Å². The van der Waals surface area contributed by atoms with Gasteiger partial charge in [0.05, 0.1) is 5.52 Å². The van der Waals surface area contributed by atoms with E-state index in [2.05, 4.69) is 66.2 Å². The fourth-order valence-corrected chi connectivity index (χ4v) is 4.88. The number of piperidine rings is 1. The van der Waals surface area contributed by atoms with Crippen molar-refractivity contribution in [3.05, 3.63) is 65.2 Å². The van der Waals surface area contributed by atoms with Gasteiger partial charge in [0.2, 0.25) is 0 Å². The van der Waals surface area contributed by atoms with Gasteiger partial charge in [0.15, 0.2) is 5.65 Å². The lowest BCUT2D eigenvalue weighted by molar-refractivity contribution is 0.151. The molecule has 0 aliphatic carbocycles. The number of pyridine rings is 1. The van der Waals surface area contributed by atoms with Crippen molar-refractivity contribution in [2.75, 3.05) is 13.1 Å². The Balaban J connectivity index is 1.62. The summed E-state index contributed by atoms with van der Waals surface area (Å²) in [5.74, 6) is 0. The number of imidazole rings is 1. The van der Waals surface area contributed by atoms with Crippen molar-refractivity contribution in [1.29, 1.82) is 0 Å². The van der Waals surface area contributed by atoms with Crippen molar-refractivity contribution >= 4 is 21.9 Å². The third-order valence-corrected chi connectivity index (χ3v) is 6.62. The van der Waals surface area contributed by atoms with Crippen LogP contribution in [0.25, 0.3) is 33.1 Å². The van der Waals surface area contributed by atoms with Crippen LogP contribution in [0.3, 0.4) is 0 Å². The predicted molar refractivity (Wildman–Crippen MR) is 123 cm³/mol. The van der Waals surface area contributed by atoms with E-state index >= 15 is 0 Å². The lowest BCUT2D eigenvalue weighted by Gasteiger charge is -2.34. The Hall–Kier alpha value is -2.92. The van der Waals surface area contributed by atoms with E-state index in [1.54, 1.807) is 4.57 Å². The molecule has 5 heteroatoms. The molecule has 0 amide bonds. The van der Waals surface area contributed by atoms with Crippen LogP contribution in [-0.2, 0) is 7.05 Å². The van der Waals surface area contributed by atoms with Gasteiger partial charge >= 0.3 is 5.69 Å². The van der Waals surface area contributed by atoms with Gasteiger partial charge in [0.25, 0.3) is 0 Å². The molecule has 5 rings (SSSR count). The second kappa shape index (κ2) is 7.40. The number of hydrogen-bond donors (Lipinski definition) is 0. The second-order valence-corrected chi connectivity index (χ2v) is 8.67.